The van der Waals surface area contributed by atoms with Gasteiger partial charge in [0.05, 0.1) is 26.4 Å². The van der Waals surface area contributed by atoms with E-state index in [0.717, 1.165) is 0 Å². The number of esters is 1. The highest BCUT2D eigenvalue weighted by molar-refractivity contribution is 5.90. The Morgan fingerprint density at radius 1 is 1.50 bits per heavy atom. The minimum Gasteiger partial charge on any atom is -0.465 e. The van der Waals surface area contributed by atoms with Crippen LogP contribution in [-0.4, -0.2) is 44.3 Å². The Bertz CT molecular complexity index is 531. The van der Waals surface area contributed by atoms with Crippen molar-refractivity contribution in [3.63, 3.8) is 0 Å². The third-order valence-corrected chi connectivity index (χ3v) is 3.41. The summed E-state index contributed by atoms with van der Waals surface area (Å²) in [5, 5.41) is 5.88. The number of methoxy groups -OCH3 is 1. The number of aryl methyl sites for hydroxylation is 1. The molecule has 0 bridgehead atoms. The first kappa shape index (κ1) is 18.5. The summed E-state index contributed by atoms with van der Waals surface area (Å²) in [5.74, 6) is 0.366. The molecule has 0 saturated carbocycles. The zero-order chi connectivity index (χ0) is 15.4. The van der Waals surface area contributed by atoms with Crippen molar-refractivity contribution in [2.45, 2.75) is 32.5 Å². The van der Waals surface area contributed by atoms with Crippen molar-refractivity contribution >= 4 is 24.3 Å². The number of nitrogens with one attached hydrogen (secondary N) is 2. The van der Waals surface area contributed by atoms with Crippen molar-refractivity contribution in [1.82, 2.24) is 10.6 Å². The molecule has 1 aromatic heterocycles. The lowest BCUT2D eigenvalue weighted by atomic mass is 10.1. The number of ether oxygens (including phenoxy) is 2. The molecule has 1 aliphatic rings. The van der Waals surface area contributed by atoms with Gasteiger partial charge in [-0.05, 0) is 19.9 Å². The average molecular weight is 333 g/mol. The monoisotopic (exact) mass is 332 g/mol. The number of carbonyl (C=O) groups excluding carboxylic acids is 2. The number of amides is 1. The third-order valence-electron chi connectivity index (χ3n) is 3.41. The molecule has 1 amide bonds. The predicted octanol–water partition coefficient (Wildman–Crippen LogP) is 0.790. The zero-order valence-electron chi connectivity index (χ0n) is 12.8. The van der Waals surface area contributed by atoms with Crippen molar-refractivity contribution in [3.8, 4) is 0 Å². The molecule has 7 nitrogen and oxygen atoms in total. The van der Waals surface area contributed by atoms with E-state index >= 15 is 0 Å². The second kappa shape index (κ2) is 8.17. The van der Waals surface area contributed by atoms with Crippen molar-refractivity contribution < 1.29 is 23.5 Å². The Hall–Kier alpha value is -1.57. The predicted molar refractivity (Wildman–Crippen MR) is 81.1 cm³/mol. The molecule has 2 atom stereocenters. The molecule has 2 rings (SSSR count). The maximum atomic E-state index is 12.1. The van der Waals surface area contributed by atoms with Gasteiger partial charge < -0.3 is 24.5 Å². The number of morpholine rings is 1. The summed E-state index contributed by atoms with van der Waals surface area (Å²) in [7, 11) is 1.31. The Kier molecular flexibility index (Phi) is 6.86. The molecule has 22 heavy (non-hydrogen) atoms. The maximum absolute atomic E-state index is 12.1. The van der Waals surface area contributed by atoms with Crippen molar-refractivity contribution in [3.05, 3.63) is 23.2 Å². The lowest BCUT2D eigenvalue weighted by Gasteiger charge is -2.29. The van der Waals surface area contributed by atoms with Gasteiger partial charge in [-0.2, -0.15) is 0 Å². The molecule has 0 spiro atoms. The van der Waals surface area contributed by atoms with Gasteiger partial charge in [0.25, 0.3) is 0 Å². The van der Waals surface area contributed by atoms with Gasteiger partial charge in [-0.25, -0.2) is 4.79 Å². The summed E-state index contributed by atoms with van der Waals surface area (Å²) in [4.78, 5) is 23.6. The minimum atomic E-state index is -0.454. The number of halogens is 1. The van der Waals surface area contributed by atoms with Crippen LogP contribution in [0.5, 0.6) is 0 Å². The Balaban J connectivity index is 0.00000242. The lowest BCUT2D eigenvalue weighted by molar-refractivity contribution is -0.129. The van der Waals surface area contributed by atoms with Crippen LogP contribution in [0, 0.1) is 6.92 Å². The van der Waals surface area contributed by atoms with Crippen LogP contribution in [0.15, 0.2) is 10.5 Å². The number of hydrogen-bond donors (Lipinski definition) is 2. The summed E-state index contributed by atoms with van der Waals surface area (Å²) in [6.07, 6.45) is -0.178. The van der Waals surface area contributed by atoms with E-state index in [1.807, 2.05) is 6.92 Å². The first-order chi connectivity index (χ1) is 10.0. The molecular weight excluding hydrogens is 312 g/mol. The molecule has 1 saturated heterocycles. The van der Waals surface area contributed by atoms with E-state index in [1.165, 1.54) is 7.11 Å². The fourth-order valence-corrected chi connectivity index (χ4v) is 2.25. The van der Waals surface area contributed by atoms with E-state index in [-0.39, 0.29) is 37.0 Å². The van der Waals surface area contributed by atoms with Crippen LogP contribution in [0.1, 0.15) is 28.8 Å². The molecule has 2 N–H and O–H groups in total. The number of carbonyl (C=O) groups is 2. The molecule has 1 fully saturated rings. The molecule has 0 aliphatic carbocycles. The summed E-state index contributed by atoms with van der Waals surface area (Å²) >= 11 is 0. The summed E-state index contributed by atoms with van der Waals surface area (Å²) in [6, 6.07) is 1.20. The fraction of sp³-hybridized carbons (Fsp3) is 0.571. The number of hydrogen-bond acceptors (Lipinski definition) is 6. The van der Waals surface area contributed by atoms with Crippen LogP contribution >= 0.6 is 12.4 Å². The zero-order valence-corrected chi connectivity index (χ0v) is 13.6. The van der Waals surface area contributed by atoms with E-state index in [9.17, 15) is 9.59 Å². The molecule has 0 unspecified atom stereocenters. The molecular formula is C14H21ClN2O5. The van der Waals surface area contributed by atoms with Gasteiger partial charge in [0.15, 0.2) is 0 Å². The molecule has 0 aromatic carbocycles. The first-order valence-corrected chi connectivity index (χ1v) is 6.83. The topological polar surface area (TPSA) is 89.8 Å². The van der Waals surface area contributed by atoms with Crippen LogP contribution in [0.4, 0.5) is 0 Å². The summed E-state index contributed by atoms with van der Waals surface area (Å²) in [6.45, 7) is 4.99. The van der Waals surface area contributed by atoms with E-state index in [1.54, 1.807) is 13.0 Å². The fourth-order valence-electron chi connectivity index (χ4n) is 2.25. The molecule has 8 heteroatoms. The van der Waals surface area contributed by atoms with Crippen LogP contribution in [0.25, 0.3) is 0 Å². The van der Waals surface area contributed by atoms with Crippen LogP contribution < -0.4 is 10.6 Å². The molecule has 0 radical (unpaired) electrons. The van der Waals surface area contributed by atoms with Crippen LogP contribution in [0.3, 0.4) is 0 Å². The quantitative estimate of drug-likeness (QED) is 0.792. The number of furan rings is 1. The van der Waals surface area contributed by atoms with Crippen molar-refractivity contribution in [1.29, 1.82) is 0 Å². The van der Waals surface area contributed by atoms with E-state index in [0.29, 0.717) is 30.2 Å². The van der Waals surface area contributed by atoms with Crippen molar-refractivity contribution in [2.75, 3.05) is 20.3 Å². The van der Waals surface area contributed by atoms with Gasteiger partial charge in [-0.1, -0.05) is 0 Å². The SMILES string of the molecule is COC(=O)c1cc(CNC(=O)[C@H]2NCCO[C@@H]2C)oc1C.Cl. The second-order valence-electron chi connectivity index (χ2n) is 4.90. The summed E-state index contributed by atoms with van der Waals surface area (Å²) < 4.78 is 15.5. The van der Waals surface area contributed by atoms with Gasteiger partial charge in [0, 0.05) is 6.54 Å². The minimum absolute atomic E-state index is 0. The van der Waals surface area contributed by atoms with Crippen LogP contribution in [-0.2, 0) is 20.8 Å². The van der Waals surface area contributed by atoms with E-state index in [4.69, 9.17) is 9.15 Å². The van der Waals surface area contributed by atoms with Gasteiger partial charge in [0.1, 0.15) is 23.1 Å². The highest BCUT2D eigenvalue weighted by Gasteiger charge is 2.28. The number of rotatable bonds is 4. The highest BCUT2D eigenvalue weighted by atomic mass is 35.5. The second-order valence-corrected chi connectivity index (χ2v) is 4.90. The summed E-state index contributed by atoms with van der Waals surface area (Å²) in [5.41, 5.74) is 0.370. The molecule has 1 aliphatic heterocycles. The van der Waals surface area contributed by atoms with E-state index < -0.39 is 5.97 Å². The maximum Gasteiger partial charge on any atom is 0.341 e. The van der Waals surface area contributed by atoms with E-state index in [2.05, 4.69) is 15.4 Å². The molecule has 1 aromatic rings. The normalized spacial score (nSPS) is 20.9. The molecule has 124 valence electrons. The standard InChI is InChI=1S/C14H20N2O5.ClH/c1-8-11(14(18)19-3)6-10(21-8)7-16-13(17)12-9(2)20-5-4-15-12;/h6,9,12,15H,4-5,7H2,1-3H3,(H,16,17);1H/t9-,12+;/m1./s1. The van der Waals surface area contributed by atoms with Crippen LogP contribution in [0.2, 0.25) is 0 Å². The Morgan fingerprint density at radius 3 is 2.86 bits per heavy atom. The van der Waals surface area contributed by atoms with Gasteiger partial charge in [0.2, 0.25) is 5.91 Å². The highest BCUT2D eigenvalue weighted by Crippen LogP contribution is 2.15. The third kappa shape index (κ3) is 4.22. The first-order valence-electron chi connectivity index (χ1n) is 6.83. The lowest BCUT2D eigenvalue weighted by Crippen LogP contribution is -2.55. The van der Waals surface area contributed by atoms with Gasteiger partial charge in [-0.3, -0.25) is 4.79 Å². The Morgan fingerprint density at radius 2 is 2.23 bits per heavy atom. The van der Waals surface area contributed by atoms with Gasteiger partial charge in [-0.15, -0.1) is 12.4 Å². The molecule has 2 heterocycles. The van der Waals surface area contributed by atoms with Gasteiger partial charge >= 0.3 is 5.97 Å². The Labute approximate surface area is 135 Å². The van der Waals surface area contributed by atoms with Crippen molar-refractivity contribution in [2.24, 2.45) is 0 Å². The smallest absolute Gasteiger partial charge is 0.341 e. The largest absolute Gasteiger partial charge is 0.465 e. The average Bonchev–Trinajstić information content (AvgIpc) is 2.85.